The molecule has 0 aliphatic carbocycles. The van der Waals surface area contributed by atoms with Gasteiger partial charge in [-0.25, -0.2) is 0 Å². The van der Waals surface area contributed by atoms with Gasteiger partial charge in [0.1, 0.15) is 5.75 Å². The summed E-state index contributed by atoms with van der Waals surface area (Å²) in [6.07, 6.45) is 0.803. The molecule has 1 saturated heterocycles. The number of carbonyl (C=O) groups is 1. The van der Waals surface area contributed by atoms with E-state index < -0.39 is 0 Å². The molecule has 0 aromatic heterocycles. The Morgan fingerprint density at radius 2 is 1.96 bits per heavy atom. The van der Waals surface area contributed by atoms with E-state index in [0.717, 1.165) is 38.5 Å². The third-order valence-corrected chi connectivity index (χ3v) is 6.71. The molecule has 5 nitrogen and oxygen atoms in total. The maximum absolute atomic E-state index is 12.8. The largest absolute Gasteiger partial charge is 0.497 e. The van der Waals surface area contributed by atoms with E-state index in [-0.39, 0.29) is 17.2 Å². The Labute approximate surface area is 170 Å². The first-order valence-electron chi connectivity index (χ1n) is 9.72. The number of hydrogen-bond acceptors (Lipinski definition) is 5. The van der Waals surface area contributed by atoms with Gasteiger partial charge in [0, 0.05) is 24.5 Å². The second kappa shape index (κ2) is 8.99. The molecule has 1 fully saturated rings. The monoisotopic (exact) mass is 398 g/mol. The SMILES string of the molecule is COc1ccc([C@@H](CNC(=O)[C@H]2Cc3ccccc3S2)N2CCOCC2)cc1. The topological polar surface area (TPSA) is 50.8 Å². The minimum absolute atomic E-state index is 0.0430. The molecular formula is C22H26N2O3S. The van der Waals surface area contributed by atoms with Gasteiger partial charge in [0.15, 0.2) is 0 Å². The number of amides is 1. The van der Waals surface area contributed by atoms with Crippen LogP contribution in [0.1, 0.15) is 17.2 Å². The number of benzene rings is 2. The molecule has 2 aliphatic heterocycles. The number of fused-ring (bicyclic) bond motifs is 1. The predicted octanol–water partition coefficient (Wildman–Crippen LogP) is 2.90. The molecule has 0 saturated carbocycles. The quantitative estimate of drug-likeness (QED) is 0.811. The first-order valence-corrected chi connectivity index (χ1v) is 10.6. The van der Waals surface area contributed by atoms with E-state index in [9.17, 15) is 4.79 Å². The molecule has 0 unspecified atom stereocenters. The van der Waals surface area contributed by atoms with Gasteiger partial charge in [-0.05, 0) is 35.7 Å². The number of nitrogens with zero attached hydrogens (tertiary/aromatic N) is 1. The van der Waals surface area contributed by atoms with E-state index in [1.807, 2.05) is 24.3 Å². The Bertz CT molecular complexity index is 781. The summed E-state index contributed by atoms with van der Waals surface area (Å²) in [6, 6.07) is 16.6. The number of thioether (sulfide) groups is 1. The van der Waals surface area contributed by atoms with Crippen LogP contribution in [-0.2, 0) is 16.0 Å². The van der Waals surface area contributed by atoms with E-state index >= 15 is 0 Å². The van der Waals surface area contributed by atoms with Gasteiger partial charge in [-0.15, -0.1) is 11.8 Å². The lowest BCUT2D eigenvalue weighted by Gasteiger charge is -2.35. The molecule has 2 aromatic rings. The van der Waals surface area contributed by atoms with E-state index in [4.69, 9.17) is 9.47 Å². The molecular weight excluding hydrogens is 372 g/mol. The van der Waals surface area contributed by atoms with Crippen molar-refractivity contribution in [1.29, 1.82) is 0 Å². The van der Waals surface area contributed by atoms with E-state index in [1.54, 1.807) is 18.9 Å². The summed E-state index contributed by atoms with van der Waals surface area (Å²) in [6.45, 7) is 3.80. The van der Waals surface area contributed by atoms with E-state index in [0.29, 0.717) is 6.54 Å². The van der Waals surface area contributed by atoms with Crippen molar-refractivity contribution in [3.63, 3.8) is 0 Å². The van der Waals surface area contributed by atoms with Crippen LogP contribution in [0.4, 0.5) is 0 Å². The van der Waals surface area contributed by atoms with Gasteiger partial charge in [-0.3, -0.25) is 9.69 Å². The van der Waals surface area contributed by atoms with Gasteiger partial charge in [0.05, 0.1) is 31.6 Å². The number of carbonyl (C=O) groups excluding carboxylic acids is 1. The molecule has 2 aliphatic rings. The molecule has 2 atom stereocenters. The van der Waals surface area contributed by atoms with Gasteiger partial charge >= 0.3 is 0 Å². The third-order valence-electron chi connectivity index (χ3n) is 5.40. The highest BCUT2D eigenvalue weighted by molar-refractivity contribution is 8.01. The van der Waals surface area contributed by atoms with E-state index in [2.05, 4.69) is 34.5 Å². The zero-order valence-electron chi connectivity index (χ0n) is 16.1. The fourth-order valence-electron chi connectivity index (χ4n) is 3.81. The predicted molar refractivity (Wildman–Crippen MR) is 111 cm³/mol. The van der Waals surface area contributed by atoms with Crippen LogP contribution in [0.5, 0.6) is 5.75 Å². The zero-order chi connectivity index (χ0) is 19.3. The molecule has 1 N–H and O–H groups in total. The number of ether oxygens (including phenoxy) is 2. The average molecular weight is 399 g/mol. The standard InChI is InChI=1S/C22H26N2O3S/c1-26-18-8-6-16(7-9-18)19(24-10-12-27-13-11-24)15-23-22(25)21-14-17-4-2-3-5-20(17)28-21/h2-9,19,21H,10-15H2,1H3,(H,23,25)/t19-,21-/m1/s1. The minimum Gasteiger partial charge on any atom is -0.497 e. The Kier molecular flexibility index (Phi) is 6.20. The fraction of sp³-hybridized carbons (Fsp3) is 0.409. The lowest BCUT2D eigenvalue weighted by molar-refractivity contribution is -0.120. The number of methoxy groups -OCH3 is 1. The summed E-state index contributed by atoms with van der Waals surface area (Å²) in [5.41, 5.74) is 2.46. The summed E-state index contributed by atoms with van der Waals surface area (Å²) in [7, 11) is 1.67. The van der Waals surface area contributed by atoms with E-state index in [1.165, 1.54) is 16.0 Å². The van der Waals surface area contributed by atoms with Crippen molar-refractivity contribution in [2.24, 2.45) is 0 Å². The van der Waals surface area contributed by atoms with Crippen molar-refractivity contribution in [2.75, 3.05) is 40.0 Å². The maximum atomic E-state index is 12.8. The highest BCUT2D eigenvalue weighted by atomic mass is 32.2. The first-order chi connectivity index (χ1) is 13.7. The normalized spacial score (nSPS) is 20.4. The molecule has 1 amide bonds. The smallest absolute Gasteiger partial charge is 0.233 e. The summed E-state index contributed by atoms with van der Waals surface area (Å²) in [5, 5.41) is 3.17. The maximum Gasteiger partial charge on any atom is 0.233 e. The average Bonchev–Trinajstić information content (AvgIpc) is 3.19. The zero-order valence-corrected chi connectivity index (χ0v) is 16.9. The van der Waals surface area contributed by atoms with Crippen LogP contribution >= 0.6 is 11.8 Å². The molecule has 0 radical (unpaired) electrons. The summed E-state index contributed by atoms with van der Waals surface area (Å²) < 4.78 is 10.8. The molecule has 6 heteroatoms. The first kappa shape index (κ1) is 19.3. The van der Waals surface area contributed by atoms with Gasteiger partial charge in [-0.1, -0.05) is 30.3 Å². The van der Waals surface area contributed by atoms with Crippen LogP contribution in [-0.4, -0.2) is 56.0 Å². The third kappa shape index (κ3) is 4.35. The van der Waals surface area contributed by atoms with Crippen molar-refractivity contribution in [1.82, 2.24) is 10.2 Å². The molecule has 0 bridgehead atoms. The Morgan fingerprint density at radius 1 is 1.21 bits per heavy atom. The number of rotatable bonds is 6. The van der Waals surface area contributed by atoms with Crippen molar-refractivity contribution in [3.8, 4) is 5.75 Å². The van der Waals surface area contributed by atoms with Gasteiger partial charge in [0.2, 0.25) is 5.91 Å². The Morgan fingerprint density at radius 3 is 2.68 bits per heavy atom. The summed E-state index contributed by atoms with van der Waals surface area (Å²) in [4.78, 5) is 16.5. The van der Waals surface area contributed by atoms with Gasteiger partial charge in [-0.2, -0.15) is 0 Å². The molecule has 2 heterocycles. The molecule has 2 aromatic carbocycles. The van der Waals surface area contributed by atoms with Crippen molar-refractivity contribution in [3.05, 3.63) is 59.7 Å². The number of morpholine rings is 1. The molecule has 4 rings (SSSR count). The van der Waals surface area contributed by atoms with Crippen molar-refractivity contribution in [2.45, 2.75) is 22.6 Å². The lowest BCUT2D eigenvalue weighted by Crippen LogP contribution is -2.45. The number of nitrogens with one attached hydrogen (secondary N) is 1. The number of hydrogen-bond donors (Lipinski definition) is 1. The van der Waals surface area contributed by atoms with Crippen LogP contribution < -0.4 is 10.1 Å². The Hall–Kier alpha value is -2.02. The van der Waals surface area contributed by atoms with Crippen molar-refractivity contribution >= 4 is 17.7 Å². The molecule has 148 valence electrons. The summed E-state index contributed by atoms with van der Waals surface area (Å²) in [5.74, 6) is 0.960. The van der Waals surface area contributed by atoms with Crippen LogP contribution in [0.2, 0.25) is 0 Å². The van der Waals surface area contributed by atoms with Crippen LogP contribution in [0.3, 0.4) is 0 Å². The molecule has 0 spiro atoms. The van der Waals surface area contributed by atoms with Crippen LogP contribution in [0, 0.1) is 0 Å². The van der Waals surface area contributed by atoms with Gasteiger partial charge < -0.3 is 14.8 Å². The second-order valence-corrected chi connectivity index (χ2v) is 8.35. The molecule has 28 heavy (non-hydrogen) atoms. The minimum atomic E-state index is -0.0430. The summed E-state index contributed by atoms with van der Waals surface area (Å²) >= 11 is 1.67. The highest BCUT2D eigenvalue weighted by Gasteiger charge is 2.29. The second-order valence-electron chi connectivity index (χ2n) is 7.10. The lowest BCUT2D eigenvalue weighted by atomic mass is 10.0. The van der Waals surface area contributed by atoms with Crippen LogP contribution in [0.25, 0.3) is 0 Å². The van der Waals surface area contributed by atoms with Crippen molar-refractivity contribution < 1.29 is 14.3 Å². The van der Waals surface area contributed by atoms with Crippen LogP contribution in [0.15, 0.2) is 53.4 Å². The fourth-order valence-corrected chi connectivity index (χ4v) is 5.03. The van der Waals surface area contributed by atoms with Gasteiger partial charge in [0.25, 0.3) is 0 Å². The highest BCUT2D eigenvalue weighted by Crippen LogP contribution is 2.36. The Balaban J connectivity index is 1.42.